The quantitative estimate of drug-likeness (QED) is 0.491. The standard InChI is InChI=1S/C23H25N7O2/c1-16-4-2-3-5-19(16)25-23(31)26-22-8-11-24-30(22)18-9-12-29(13-10-18)15-17-6-7-20-21(14-17)28-32-27-20/h2-8,11,14,18H,9-10,12-13,15H2,1H3,(H2,25,26,31). The molecule has 0 saturated carbocycles. The van der Waals surface area contributed by atoms with Crippen LogP contribution in [0, 0.1) is 6.92 Å². The molecule has 3 heterocycles. The largest absolute Gasteiger partial charge is 0.324 e. The summed E-state index contributed by atoms with van der Waals surface area (Å²) in [6, 6.07) is 15.6. The van der Waals surface area contributed by atoms with Crippen LogP contribution in [0.5, 0.6) is 0 Å². The van der Waals surface area contributed by atoms with E-state index >= 15 is 0 Å². The van der Waals surface area contributed by atoms with Gasteiger partial charge < -0.3 is 5.32 Å². The molecule has 2 amide bonds. The molecule has 2 aromatic carbocycles. The second kappa shape index (κ2) is 8.80. The molecule has 1 aliphatic heterocycles. The van der Waals surface area contributed by atoms with Crippen molar-refractivity contribution >= 4 is 28.6 Å². The molecular formula is C23H25N7O2. The minimum Gasteiger partial charge on any atom is -0.307 e. The van der Waals surface area contributed by atoms with E-state index in [1.54, 1.807) is 6.20 Å². The Labute approximate surface area is 185 Å². The number of hydrogen-bond acceptors (Lipinski definition) is 6. The highest BCUT2D eigenvalue weighted by Crippen LogP contribution is 2.27. The van der Waals surface area contributed by atoms with Gasteiger partial charge in [0.05, 0.1) is 12.2 Å². The summed E-state index contributed by atoms with van der Waals surface area (Å²) in [5, 5.41) is 18.1. The smallest absolute Gasteiger partial charge is 0.307 e. The van der Waals surface area contributed by atoms with Gasteiger partial charge in [-0.1, -0.05) is 24.3 Å². The van der Waals surface area contributed by atoms with E-state index in [1.165, 1.54) is 5.56 Å². The van der Waals surface area contributed by atoms with E-state index in [9.17, 15) is 4.79 Å². The zero-order chi connectivity index (χ0) is 21.9. The van der Waals surface area contributed by atoms with E-state index in [1.807, 2.05) is 54.1 Å². The van der Waals surface area contributed by atoms with E-state index in [0.29, 0.717) is 5.82 Å². The number of anilines is 2. The molecule has 1 fully saturated rings. The molecule has 0 aliphatic carbocycles. The van der Waals surface area contributed by atoms with Crippen LogP contribution in [0.4, 0.5) is 16.3 Å². The average Bonchev–Trinajstić information content (AvgIpc) is 3.45. The summed E-state index contributed by atoms with van der Waals surface area (Å²) in [4.78, 5) is 14.9. The number of benzene rings is 2. The van der Waals surface area contributed by atoms with Gasteiger partial charge in [-0.05, 0) is 59.4 Å². The van der Waals surface area contributed by atoms with Crippen LogP contribution in [0.15, 0.2) is 59.4 Å². The molecule has 0 atom stereocenters. The van der Waals surface area contributed by atoms with Crippen LogP contribution in [-0.2, 0) is 6.54 Å². The number of hydrogen-bond donors (Lipinski definition) is 2. The van der Waals surface area contributed by atoms with E-state index in [0.717, 1.165) is 54.8 Å². The molecular weight excluding hydrogens is 406 g/mol. The van der Waals surface area contributed by atoms with Crippen molar-refractivity contribution in [1.29, 1.82) is 0 Å². The number of aryl methyl sites for hydroxylation is 1. The minimum absolute atomic E-state index is 0.247. The van der Waals surface area contributed by atoms with Gasteiger partial charge in [-0.15, -0.1) is 0 Å². The molecule has 2 aromatic heterocycles. The Bertz CT molecular complexity index is 1220. The van der Waals surface area contributed by atoms with Gasteiger partial charge in [0.2, 0.25) is 0 Å². The predicted molar refractivity (Wildman–Crippen MR) is 121 cm³/mol. The number of para-hydroxylation sites is 1. The second-order valence-corrected chi connectivity index (χ2v) is 8.15. The third-order valence-corrected chi connectivity index (χ3v) is 5.93. The number of aromatic nitrogens is 4. The summed E-state index contributed by atoms with van der Waals surface area (Å²) >= 11 is 0. The first-order valence-electron chi connectivity index (χ1n) is 10.8. The highest BCUT2D eigenvalue weighted by Gasteiger charge is 2.23. The number of fused-ring (bicyclic) bond motifs is 1. The number of carbonyl (C=O) groups is 1. The highest BCUT2D eigenvalue weighted by molar-refractivity contribution is 5.99. The van der Waals surface area contributed by atoms with E-state index < -0.39 is 0 Å². The fourth-order valence-corrected chi connectivity index (χ4v) is 4.19. The van der Waals surface area contributed by atoms with Crippen molar-refractivity contribution in [3.05, 3.63) is 65.9 Å². The molecule has 0 radical (unpaired) electrons. The van der Waals surface area contributed by atoms with Crippen molar-refractivity contribution in [2.24, 2.45) is 0 Å². The summed E-state index contributed by atoms with van der Waals surface area (Å²) in [5.41, 5.74) is 4.57. The lowest BCUT2D eigenvalue weighted by molar-refractivity contribution is 0.174. The van der Waals surface area contributed by atoms with Gasteiger partial charge in [0.15, 0.2) is 0 Å². The van der Waals surface area contributed by atoms with Crippen molar-refractivity contribution in [1.82, 2.24) is 25.0 Å². The number of piperidine rings is 1. The molecule has 32 heavy (non-hydrogen) atoms. The van der Waals surface area contributed by atoms with Crippen LogP contribution in [0.3, 0.4) is 0 Å². The van der Waals surface area contributed by atoms with Crippen molar-refractivity contribution < 1.29 is 9.42 Å². The third-order valence-electron chi connectivity index (χ3n) is 5.93. The first-order valence-corrected chi connectivity index (χ1v) is 10.8. The number of nitrogens with zero attached hydrogens (tertiary/aromatic N) is 5. The lowest BCUT2D eigenvalue weighted by atomic mass is 10.0. The van der Waals surface area contributed by atoms with Gasteiger partial charge in [-0.3, -0.25) is 10.2 Å². The summed E-state index contributed by atoms with van der Waals surface area (Å²) in [7, 11) is 0. The topological polar surface area (TPSA) is 101 Å². The van der Waals surface area contributed by atoms with Crippen LogP contribution in [0.2, 0.25) is 0 Å². The maximum atomic E-state index is 12.5. The van der Waals surface area contributed by atoms with Crippen molar-refractivity contribution in [3.63, 3.8) is 0 Å². The van der Waals surface area contributed by atoms with Gasteiger partial charge in [-0.25, -0.2) is 14.1 Å². The first kappa shape index (κ1) is 20.2. The molecule has 0 bridgehead atoms. The molecule has 9 heteroatoms. The first-order chi connectivity index (χ1) is 15.7. The second-order valence-electron chi connectivity index (χ2n) is 8.15. The normalized spacial score (nSPS) is 15.2. The monoisotopic (exact) mass is 431 g/mol. The number of rotatable bonds is 5. The van der Waals surface area contributed by atoms with E-state index in [4.69, 9.17) is 4.63 Å². The Balaban J connectivity index is 1.18. The van der Waals surface area contributed by atoms with Crippen LogP contribution < -0.4 is 10.6 Å². The molecule has 9 nitrogen and oxygen atoms in total. The average molecular weight is 432 g/mol. The summed E-state index contributed by atoms with van der Waals surface area (Å²) in [6.07, 6.45) is 3.66. The molecule has 0 spiro atoms. The van der Waals surface area contributed by atoms with Gasteiger partial charge in [-0.2, -0.15) is 5.10 Å². The fraction of sp³-hybridized carbons (Fsp3) is 0.304. The highest BCUT2D eigenvalue weighted by atomic mass is 16.6. The Hall–Kier alpha value is -3.72. The number of urea groups is 1. The van der Waals surface area contributed by atoms with Crippen molar-refractivity contribution in [2.75, 3.05) is 23.7 Å². The van der Waals surface area contributed by atoms with Gasteiger partial charge in [0.25, 0.3) is 0 Å². The molecule has 4 aromatic rings. The predicted octanol–water partition coefficient (Wildman–Crippen LogP) is 4.21. The zero-order valence-electron chi connectivity index (χ0n) is 17.9. The molecule has 1 aliphatic rings. The van der Waals surface area contributed by atoms with Gasteiger partial charge >= 0.3 is 6.03 Å². The lowest BCUT2D eigenvalue weighted by Crippen LogP contribution is -2.35. The van der Waals surface area contributed by atoms with Crippen molar-refractivity contribution in [3.8, 4) is 0 Å². The number of amides is 2. The van der Waals surface area contributed by atoms with E-state index in [-0.39, 0.29) is 12.1 Å². The Morgan fingerprint density at radius 1 is 1.06 bits per heavy atom. The molecule has 5 rings (SSSR count). The Morgan fingerprint density at radius 3 is 2.72 bits per heavy atom. The summed E-state index contributed by atoms with van der Waals surface area (Å²) < 4.78 is 6.72. The van der Waals surface area contributed by atoms with Crippen LogP contribution in [0.1, 0.15) is 30.0 Å². The van der Waals surface area contributed by atoms with Crippen LogP contribution in [-0.4, -0.2) is 44.1 Å². The van der Waals surface area contributed by atoms with Crippen LogP contribution in [0.25, 0.3) is 11.0 Å². The van der Waals surface area contributed by atoms with Crippen molar-refractivity contribution in [2.45, 2.75) is 32.4 Å². The molecule has 1 saturated heterocycles. The SMILES string of the molecule is Cc1ccccc1NC(=O)Nc1ccnn1C1CCN(Cc2ccc3nonc3c2)CC1. The zero-order valence-corrected chi connectivity index (χ0v) is 17.9. The molecule has 0 unspecified atom stereocenters. The maximum absolute atomic E-state index is 12.5. The van der Waals surface area contributed by atoms with E-state index in [2.05, 4.69) is 37.0 Å². The summed E-state index contributed by atoms with van der Waals surface area (Å²) in [5.74, 6) is 0.707. The van der Waals surface area contributed by atoms with Gasteiger partial charge in [0.1, 0.15) is 16.9 Å². The number of nitrogens with one attached hydrogen (secondary N) is 2. The maximum Gasteiger partial charge on any atom is 0.324 e. The third kappa shape index (κ3) is 4.33. The Kier molecular flexibility index (Phi) is 5.55. The number of likely N-dealkylation sites (tertiary alicyclic amines) is 1. The van der Waals surface area contributed by atoms with Crippen LogP contribution >= 0.6 is 0 Å². The van der Waals surface area contributed by atoms with Gasteiger partial charge in [0, 0.05) is 31.4 Å². The minimum atomic E-state index is -0.267. The molecule has 164 valence electrons. The summed E-state index contributed by atoms with van der Waals surface area (Å²) in [6.45, 7) is 4.73. The number of carbonyl (C=O) groups excluding carboxylic acids is 1. The fourth-order valence-electron chi connectivity index (χ4n) is 4.19. The lowest BCUT2D eigenvalue weighted by Gasteiger charge is -2.32. The molecule has 2 N–H and O–H groups in total. The Morgan fingerprint density at radius 2 is 1.88 bits per heavy atom.